The molecule has 2 N–H and O–H groups in total. The molecule has 0 saturated heterocycles. The normalized spacial score (nSPS) is 17.7. The third-order valence-electron chi connectivity index (χ3n) is 14.4. The van der Waals surface area contributed by atoms with Crippen LogP contribution in [-0.2, 0) is 32.2 Å². The van der Waals surface area contributed by atoms with E-state index in [-0.39, 0.29) is 23.7 Å². The minimum atomic E-state index is -0.397. The van der Waals surface area contributed by atoms with E-state index in [2.05, 4.69) is 30.6 Å². The lowest BCUT2D eigenvalue weighted by atomic mass is 9.88. The van der Waals surface area contributed by atoms with Crippen molar-refractivity contribution in [1.82, 2.24) is 58.6 Å². The average Bonchev–Trinajstić information content (AvgIpc) is 4.35. The first-order chi connectivity index (χ1) is 37.2. The van der Waals surface area contributed by atoms with Gasteiger partial charge in [-0.25, -0.2) is 39.3 Å². The predicted octanol–water partition coefficient (Wildman–Crippen LogP) is 8.96. The summed E-state index contributed by atoms with van der Waals surface area (Å²) in [5.41, 5.74) is 7.99. The van der Waals surface area contributed by atoms with E-state index < -0.39 is 12.2 Å². The molecule has 2 aromatic carbocycles. The molecule has 2 fully saturated rings. The summed E-state index contributed by atoms with van der Waals surface area (Å²) < 4.78 is 30.9. The van der Waals surface area contributed by atoms with Gasteiger partial charge in [0.15, 0.2) is 23.3 Å². The molecule has 2 aliphatic heterocycles. The topological polar surface area (TPSA) is 218 Å². The molecule has 8 heterocycles. The number of fused-ring (bicyclic) bond motifs is 2. The molecule has 2 saturated carbocycles. The Kier molecular flexibility index (Phi) is 14.8. The van der Waals surface area contributed by atoms with E-state index in [0.717, 1.165) is 96.6 Å². The Morgan fingerprint density at radius 2 is 1.00 bits per heavy atom. The Bertz CT molecular complexity index is 3130. The van der Waals surface area contributed by atoms with Gasteiger partial charge in [-0.3, -0.25) is 9.59 Å². The molecule has 0 radical (unpaired) electrons. The number of aryl methyl sites for hydroxylation is 2. The zero-order valence-corrected chi connectivity index (χ0v) is 43.3. The number of nitrogens with one attached hydrogen (secondary N) is 2. The highest BCUT2D eigenvalue weighted by Gasteiger charge is 2.31. The molecule has 12 rings (SSSR count). The Morgan fingerprint density at radius 1 is 0.566 bits per heavy atom. The van der Waals surface area contributed by atoms with Crippen molar-refractivity contribution in [2.24, 2.45) is 11.8 Å². The summed E-state index contributed by atoms with van der Waals surface area (Å²) in [5, 5.41) is 15.7. The Morgan fingerprint density at radius 3 is 1.39 bits per heavy atom. The van der Waals surface area contributed by atoms with Crippen LogP contribution in [0.1, 0.15) is 111 Å². The van der Waals surface area contributed by atoms with E-state index in [1.54, 1.807) is 26.9 Å². The molecule has 392 valence electrons. The Labute approximate surface area is 440 Å². The van der Waals surface area contributed by atoms with Gasteiger partial charge in [0.05, 0.1) is 64.6 Å². The lowest BCUT2D eigenvalue weighted by Crippen LogP contribution is -2.25. The number of nitrogens with zero attached hydrogens (tertiary/aromatic N) is 12. The minimum Gasteiger partial charge on any atom is -0.479 e. The van der Waals surface area contributed by atoms with Crippen LogP contribution in [0, 0.1) is 25.7 Å². The molecular weight excluding hydrogens is 965 g/mol. The third-order valence-corrected chi connectivity index (χ3v) is 14.4. The van der Waals surface area contributed by atoms with Crippen LogP contribution in [0.5, 0.6) is 11.8 Å². The van der Waals surface area contributed by atoms with Crippen molar-refractivity contribution >= 4 is 23.2 Å². The first kappa shape index (κ1) is 50.1. The lowest BCUT2D eigenvalue weighted by Gasteiger charge is -2.24. The van der Waals surface area contributed by atoms with Crippen LogP contribution in [-0.4, -0.2) is 97.8 Å². The van der Waals surface area contributed by atoms with Gasteiger partial charge < -0.3 is 38.7 Å². The first-order valence-electron chi connectivity index (χ1n) is 26.2. The summed E-state index contributed by atoms with van der Waals surface area (Å²) in [6.45, 7) is 6.08. The molecule has 2 atom stereocenters. The molecule has 6 aromatic heterocycles. The largest absolute Gasteiger partial charge is 0.479 e. The van der Waals surface area contributed by atoms with Gasteiger partial charge in [0.2, 0.25) is 23.6 Å². The Hall–Kier alpha value is -8.10. The lowest BCUT2D eigenvalue weighted by molar-refractivity contribution is -0.121. The molecule has 76 heavy (non-hydrogen) atoms. The molecular formula is C56H62N14O6. The maximum absolute atomic E-state index is 12.8. The summed E-state index contributed by atoms with van der Waals surface area (Å²) in [6, 6.07) is 23.3. The monoisotopic (exact) mass is 1030 g/mol. The fourth-order valence-electron chi connectivity index (χ4n) is 10.5. The third kappa shape index (κ3) is 10.9. The smallest absolute Gasteiger partial charge is 0.238 e. The molecule has 20 heteroatoms. The number of carbonyl (C=O) groups excluding carboxylic acids is 2. The molecule has 8 aromatic rings. The van der Waals surface area contributed by atoms with E-state index >= 15 is 0 Å². The number of imidazole rings is 2. The van der Waals surface area contributed by atoms with Gasteiger partial charge in [-0.15, -0.1) is 10.2 Å². The number of pyridine rings is 2. The first-order valence-corrected chi connectivity index (χ1v) is 26.2. The number of anilines is 2. The number of benzene rings is 2. The van der Waals surface area contributed by atoms with Crippen LogP contribution in [0.4, 0.5) is 11.4 Å². The highest BCUT2D eigenvalue weighted by molar-refractivity contribution is 5.93. The van der Waals surface area contributed by atoms with Gasteiger partial charge in [0, 0.05) is 35.6 Å². The second kappa shape index (κ2) is 22.4. The summed E-state index contributed by atoms with van der Waals surface area (Å²) in [4.78, 5) is 53.2. The zero-order chi connectivity index (χ0) is 52.1. The highest BCUT2D eigenvalue weighted by Crippen LogP contribution is 2.35. The van der Waals surface area contributed by atoms with Crippen molar-refractivity contribution in [3.8, 4) is 46.2 Å². The number of aromatic nitrogens is 12. The quantitative estimate of drug-likeness (QED) is 0.117. The van der Waals surface area contributed by atoms with Gasteiger partial charge in [0.1, 0.15) is 35.0 Å². The number of amides is 2. The van der Waals surface area contributed by atoms with Crippen LogP contribution in [0.15, 0.2) is 97.8 Å². The second-order valence-corrected chi connectivity index (χ2v) is 19.7. The van der Waals surface area contributed by atoms with Crippen LogP contribution < -0.4 is 20.1 Å². The molecule has 20 nitrogen and oxygen atoms in total. The van der Waals surface area contributed by atoms with E-state index in [1.165, 1.54) is 12.8 Å². The molecule has 0 bridgehead atoms. The van der Waals surface area contributed by atoms with Crippen LogP contribution in [0.3, 0.4) is 0 Å². The Balaban J connectivity index is 0.000000162. The average molecular weight is 1030 g/mol. The maximum atomic E-state index is 12.8. The predicted molar refractivity (Wildman–Crippen MR) is 282 cm³/mol. The summed E-state index contributed by atoms with van der Waals surface area (Å²) in [7, 11) is 3.18. The van der Waals surface area contributed by atoms with E-state index in [1.807, 2.05) is 118 Å². The molecule has 0 unspecified atom stereocenters. The van der Waals surface area contributed by atoms with Gasteiger partial charge in [0.25, 0.3) is 0 Å². The standard InChI is InChI=1S/2C28H31N7O3/c2*1-18-16-34(17-29-18)23-12-11-22(31-28(23)37-2)25-32-26-24(38-14-13-35(26)33-25)20-9-6-10-21(15-20)30-27(36)19-7-4-3-5-8-19/h2*6,9-12,15-17,19,24H,3-5,7-8,13-14H2,1-2H3,(H,30,36)/t2*24-/m10/s1. The van der Waals surface area contributed by atoms with Crippen LogP contribution in [0.2, 0.25) is 0 Å². The van der Waals surface area contributed by atoms with Crippen LogP contribution >= 0.6 is 0 Å². The van der Waals surface area contributed by atoms with Crippen LogP contribution in [0.25, 0.3) is 34.4 Å². The van der Waals surface area contributed by atoms with Gasteiger partial charge in [-0.05, 0) is 99.2 Å². The molecule has 2 amide bonds. The minimum absolute atomic E-state index is 0.0951. The maximum Gasteiger partial charge on any atom is 0.238 e. The number of ether oxygens (including phenoxy) is 4. The van der Waals surface area contributed by atoms with Crippen molar-refractivity contribution in [2.75, 3.05) is 38.1 Å². The number of carbonyl (C=O) groups is 2. The van der Waals surface area contributed by atoms with Gasteiger partial charge in [-0.2, -0.15) is 0 Å². The van der Waals surface area contributed by atoms with Crippen molar-refractivity contribution < 1.29 is 28.5 Å². The summed E-state index contributed by atoms with van der Waals surface area (Å²) >= 11 is 0. The molecule has 2 aliphatic carbocycles. The number of hydrogen-bond donors (Lipinski definition) is 2. The van der Waals surface area contributed by atoms with E-state index in [4.69, 9.17) is 39.1 Å². The van der Waals surface area contributed by atoms with Crippen molar-refractivity contribution in [1.29, 1.82) is 0 Å². The van der Waals surface area contributed by atoms with Crippen molar-refractivity contribution in [3.05, 3.63) is 132 Å². The zero-order valence-electron chi connectivity index (χ0n) is 43.3. The molecule has 0 spiro atoms. The SMILES string of the molecule is COc1nc(-c2nc3n(n2)CCO[C@@H]3c2cccc(NC(=O)C3CCCCC3)c2)ccc1-n1cnc(C)c1.COc1nc(-c2nc3n(n2)CCO[C@H]3c2cccc(NC(=O)C3CCCCC3)c2)ccc1-n1cnc(C)c1. The highest BCUT2D eigenvalue weighted by atomic mass is 16.5. The fourth-order valence-corrected chi connectivity index (χ4v) is 10.5. The molecule has 4 aliphatic rings. The van der Waals surface area contributed by atoms with Crippen molar-refractivity contribution in [2.45, 2.75) is 103 Å². The number of rotatable bonds is 12. The summed E-state index contributed by atoms with van der Waals surface area (Å²) in [5.74, 6) is 3.73. The van der Waals surface area contributed by atoms with Crippen molar-refractivity contribution in [3.63, 3.8) is 0 Å². The van der Waals surface area contributed by atoms with E-state index in [9.17, 15) is 9.59 Å². The fraction of sp³-hybridized carbons (Fsp3) is 0.393. The second-order valence-electron chi connectivity index (χ2n) is 19.7. The van der Waals surface area contributed by atoms with Gasteiger partial charge in [-0.1, -0.05) is 62.8 Å². The number of methoxy groups -OCH3 is 2. The van der Waals surface area contributed by atoms with Gasteiger partial charge >= 0.3 is 0 Å². The number of hydrogen-bond acceptors (Lipinski definition) is 14. The summed E-state index contributed by atoms with van der Waals surface area (Å²) in [6.07, 6.45) is 17.3. The van der Waals surface area contributed by atoms with E-state index in [0.29, 0.717) is 72.7 Å².